The van der Waals surface area contributed by atoms with Gasteiger partial charge in [0.15, 0.2) is 0 Å². The Bertz CT molecular complexity index is 3050. The average Bonchev–Trinajstić information content (AvgIpc) is 3.65. The number of furan rings is 1. The number of hydrogen-bond acceptors (Lipinski definition) is 3. The summed E-state index contributed by atoms with van der Waals surface area (Å²) in [6, 6.07) is 65.5. The summed E-state index contributed by atoms with van der Waals surface area (Å²) in [5.41, 5.74) is 13.9. The Balaban J connectivity index is 0.000000176. The van der Waals surface area contributed by atoms with E-state index >= 15 is 0 Å². The molecule has 0 spiro atoms. The van der Waals surface area contributed by atoms with E-state index in [9.17, 15) is 0 Å². The molecular weight excluding hydrogens is 913 g/mol. The minimum atomic E-state index is -1.34. The molecule has 0 saturated heterocycles. The van der Waals surface area contributed by atoms with E-state index in [1.54, 1.807) is 0 Å². The molecule has 0 aliphatic heterocycles. The van der Waals surface area contributed by atoms with Gasteiger partial charge >= 0.3 is 0 Å². The zero-order chi connectivity index (χ0) is 39.6. The number of rotatable bonds is 6. The van der Waals surface area contributed by atoms with Gasteiger partial charge in [0, 0.05) is 37.9 Å². The third-order valence-electron chi connectivity index (χ3n) is 10.8. The Morgan fingerprint density at radius 3 is 1.97 bits per heavy atom. The third-order valence-corrected chi connectivity index (χ3v) is 12.9. The molecule has 3 aromatic heterocycles. The molecule has 0 atom stereocenters. The van der Waals surface area contributed by atoms with Crippen molar-refractivity contribution in [3.05, 3.63) is 200 Å². The summed E-state index contributed by atoms with van der Waals surface area (Å²) >= 11 is 0. The van der Waals surface area contributed by atoms with Crippen LogP contribution in [-0.4, -0.2) is 18.0 Å². The molecule has 0 aliphatic carbocycles. The van der Waals surface area contributed by atoms with Crippen LogP contribution in [0.3, 0.4) is 0 Å². The molecule has 5 heteroatoms. The molecule has 289 valence electrons. The van der Waals surface area contributed by atoms with Gasteiger partial charge in [-0.2, -0.15) is 0 Å². The molecule has 0 saturated carbocycles. The first-order valence-corrected chi connectivity index (χ1v) is 23.2. The number of aromatic nitrogens is 2. The first-order chi connectivity index (χ1) is 28.3. The van der Waals surface area contributed by atoms with Crippen LogP contribution < -0.4 is 5.19 Å². The fourth-order valence-corrected chi connectivity index (χ4v) is 9.57. The molecule has 0 fully saturated rings. The van der Waals surface area contributed by atoms with Gasteiger partial charge < -0.3 is 14.4 Å². The first-order valence-electron chi connectivity index (χ1n) is 19.7. The van der Waals surface area contributed by atoms with E-state index in [2.05, 4.69) is 189 Å². The molecule has 59 heavy (non-hydrogen) atoms. The summed E-state index contributed by atoms with van der Waals surface area (Å²) in [4.78, 5) is 9.38. The van der Waals surface area contributed by atoms with E-state index in [4.69, 9.17) is 9.40 Å². The number of benzene rings is 7. The summed E-state index contributed by atoms with van der Waals surface area (Å²) < 4.78 is 6.49. The minimum absolute atomic E-state index is 0. The van der Waals surface area contributed by atoms with E-state index in [-0.39, 0.29) is 20.1 Å². The van der Waals surface area contributed by atoms with Crippen molar-refractivity contribution >= 4 is 46.0 Å². The van der Waals surface area contributed by atoms with Crippen molar-refractivity contribution in [2.45, 2.75) is 26.6 Å². The quantitative estimate of drug-likeness (QED) is 0.123. The van der Waals surface area contributed by atoms with E-state index in [0.717, 1.165) is 61.1 Å². The second kappa shape index (κ2) is 16.9. The van der Waals surface area contributed by atoms with E-state index in [0.29, 0.717) is 0 Å². The maximum atomic E-state index is 6.49. The van der Waals surface area contributed by atoms with Crippen LogP contribution in [0.25, 0.3) is 88.6 Å². The molecule has 10 aromatic rings. The molecule has 7 aromatic carbocycles. The summed E-state index contributed by atoms with van der Waals surface area (Å²) in [6.45, 7) is 9.27. The van der Waals surface area contributed by atoms with Gasteiger partial charge in [0.25, 0.3) is 0 Å². The zero-order valence-electron chi connectivity index (χ0n) is 33.5. The molecule has 0 aliphatic rings. The first kappa shape index (κ1) is 39.6. The van der Waals surface area contributed by atoms with Gasteiger partial charge in [0.1, 0.15) is 5.58 Å². The monoisotopic (exact) mass is 955 g/mol. The van der Waals surface area contributed by atoms with Crippen molar-refractivity contribution in [2.75, 3.05) is 0 Å². The topological polar surface area (TPSA) is 38.9 Å². The molecule has 3 heterocycles. The summed E-state index contributed by atoms with van der Waals surface area (Å²) in [6.07, 6.45) is 3.92. The maximum absolute atomic E-state index is 6.49. The standard InChI is InChI=1S/C33H20NO.C21H22NSi.Ir/c1-2-8-22(9-3-1)24-18-19-34-31(20-24)30-15-7-14-29-28-17-16-25(21-32(28)35-33(29)30)27-13-6-11-23-10-4-5-12-26(23)27;1-16-13-20(22-15-21(16)23(2,3)4)19-12-8-11-18(14-19)17-9-6-5-7-10-17;/h1-14,16-21H;5-11,13-15H,1-4H3;/q2*-1;. The van der Waals surface area contributed by atoms with Gasteiger partial charge in [-0.25, -0.2) is 0 Å². The van der Waals surface area contributed by atoms with Gasteiger partial charge in [0.05, 0.1) is 13.7 Å². The fraction of sp³-hybridized carbons (Fsp3) is 0.0741. The molecule has 0 N–H and O–H groups in total. The van der Waals surface area contributed by atoms with Crippen LogP contribution in [0.1, 0.15) is 5.56 Å². The van der Waals surface area contributed by atoms with Crippen molar-refractivity contribution in [3.8, 4) is 55.9 Å². The molecule has 1 radical (unpaired) electrons. The molecule has 10 rings (SSSR count). The van der Waals surface area contributed by atoms with Gasteiger partial charge in [0.2, 0.25) is 0 Å². The normalized spacial score (nSPS) is 11.3. The average molecular weight is 955 g/mol. The minimum Gasteiger partial charge on any atom is -0.501 e. The van der Waals surface area contributed by atoms with Crippen molar-refractivity contribution in [3.63, 3.8) is 0 Å². The molecular formula is C54H42IrN2OSi-2. The Hall–Kier alpha value is -6.23. The Morgan fingerprint density at radius 1 is 0.525 bits per heavy atom. The molecule has 3 nitrogen and oxygen atoms in total. The van der Waals surface area contributed by atoms with Crippen LogP contribution in [0.5, 0.6) is 0 Å². The number of aryl methyl sites for hydroxylation is 1. The summed E-state index contributed by atoms with van der Waals surface area (Å²) in [5, 5.41) is 6.07. The van der Waals surface area contributed by atoms with Crippen molar-refractivity contribution in [1.82, 2.24) is 9.97 Å². The van der Waals surface area contributed by atoms with E-state index in [1.807, 2.05) is 36.5 Å². The number of hydrogen-bond donors (Lipinski definition) is 0. The van der Waals surface area contributed by atoms with Crippen LogP contribution in [0.2, 0.25) is 19.6 Å². The van der Waals surface area contributed by atoms with Crippen molar-refractivity contribution in [2.24, 2.45) is 0 Å². The molecule has 0 unspecified atom stereocenters. The van der Waals surface area contributed by atoms with E-state index < -0.39 is 8.07 Å². The SMILES string of the molecule is Cc1cc(-c2[c-]ccc(-c3ccccc3)c2)ncc1[Si](C)(C)C.[Ir].[c-]1ccc2c(oc3cc(-c4cccc5ccccc45)ccc32)c1-c1cc(-c2ccccc2)ccn1. The third kappa shape index (κ3) is 8.24. The molecule has 0 amide bonds. The Morgan fingerprint density at radius 2 is 1.22 bits per heavy atom. The van der Waals surface area contributed by atoms with E-state index in [1.165, 1.54) is 38.2 Å². The second-order valence-corrected chi connectivity index (χ2v) is 20.8. The van der Waals surface area contributed by atoms with Gasteiger partial charge in [-0.1, -0.05) is 164 Å². The number of fused-ring (bicyclic) bond motifs is 4. The predicted octanol–water partition coefficient (Wildman–Crippen LogP) is 14.0. The second-order valence-electron chi connectivity index (χ2n) is 15.7. The number of nitrogens with zero attached hydrogens (tertiary/aromatic N) is 2. The number of pyridine rings is 2. The molecule has 0 bridgehead atoms. The predicted molar refractivity (Wildman–Crippen MR) is 246 cm³/mol. The zero-order valence-corrected chi connectivity index (χ0v) is 36.9. The van der Waals surface area contributed by atoms with Gasteiger partial charge in [-0.15, -0.1) is 53.6 Å². The summed E-state index contributed by atoms with van der Waals surface area (Å²) in [5.74, 6) is 0. The van der Waals surface area contributed by atoms with Crippen LogP contribution in [0.15, 0.2) is 187 Å². The van der Waals surface area contributed by atoms with Crippen LogP contribution in [-0.2, 0) is 20.1 Å². The Kier molecular flexibility index (Phi) is 11.4. The van der Waals surface area contributed by atoms with Crippen molar-refractivity contribution < 1.29 is 24.5 Å². The van der Waals surface area contributed by atoms with Gasteiger partial charge in [-0.3, -0.25) is 0 Å². The summed E-state index contributed by atoms with van der Waals surface area (Å²) in [7, 11) is -1.34. The van der Waals surface area contributed by atoms with Gasteiger partial charge in [-0.05, 0) is 74.2 Å². The van der Waals surface area contributed by atoms with Crippen molar-refractivity contribution in [1.29, 1.82) is 0 Å². The van der Waals surface area contributed by atoms with Crippen LogP contribution >= 0.6 is 0 Å². The van der Waals surface area contributed by atoms with Crippen LogP contribution in [0.4, 0.5) is 0 Å². The Labute approximate surface area is 360 Å². The smallest absolute Gasteiger partial charge is 0.121 e. The largest absolute Gasteiger partial charge is 0.501 e. The fourth-order valence-electron chi connectivity index (χ4n) is 7.87. The maximum Gasteiger partial charge on any atom is 0.121 e. The van der Waals surface area contributed by atoms with Crippen LogP contribution in [0, 0.1) is 19.1 Å².